The van der Waals surface area contributed by atoms with Crippen molar-refractivity contribution in [3.63, 3.8) is 0 Å². The molecule has 4 aromatic rings. The van der Waals surface area contributed by atoms with Gasteiger partial charge in [0.05, 0.1) is 18.1 Å². The van der Waals surface area contributed by atoms with Crippen LogP contribution in [0.5, 0.6) is 5.88 Å². The topological polar surface area (TPSA) is 113 Å². The van der Waals surface area contributed by atoms with Crippen LogP contribution in [0.4, 0.5) is 5.95 Å². The molecule has 29 heavy (non-hydrogen) atoms. The second kappa shape index (κ2) is 6.70. The normalized spacial score (nSPS) is 22.2. The van der Waals surface area contributed by atoms with E-state index in [0.29, 0.717) is 17.5 Å². The van der Waals surface area contributed by atoms with Gasteiger partial charge in [0.25, 0.3) is 0 Å². The van der Waals surface area contributed by atoms with Gasteiger partial charge in [-0.1, -0.05) is 0 Å². The fourth-order valence-corrected chi connectivity index (χ4v) is 3.98. The number of hydrogen-bond donors (Lipinski definition) is 3. The van der Waals surface area contributed by atoms with Gasteiger partial charge in [0.15, 0.2) is 5.65 Å². The number of fused-ring (bicyclic) bond motifs is 2. The van der Waals surface area contributed by atoms with E-state index in [2.05, 4.69) is 30.4 Å². The molecule has 9 nitrogen and oxygen atoms in total. The third-order valence-corrected chi connectivity index (χ3v) is 5.67. The van der Waals surface area contributed by atoms with Crippen LogP contribution >= 0.6 is 0 Å². The summed E-state index contributed by atoms with van der Waals surface area (Å²) in [5.41, 5.74) is 2.83. The standard InChI is InChI=1S/C20H23N7O2/c1-20(28)7-5-13(6-8-20)24-19-25-17-16(18(26-19)29-2)14(9-21-17)12-3-4-15-22-11-23-27(15)10-12/h3-4,9-11,13,28H,5-8H2,1-2H3,(H2,21,24,25,26)/t13-,20-. The molecule has 1 aliphatic carbocycles. The van der Waals surface area contributed by atoms with Gasteiger partial charge in [-0.05, 0) is 44.7 Å². The first-order chi connectivity index (χ1) is 14.0. The minimum Gasteiger partial charge on any atom is -0.480 e. The lowest BCUT2D eigenvalue weighted by atomic mass is 9.84. The van der Waals surface area contributed by atoms with Crippen LogP contribution in [0.1, 0.15) is 32.6 Å². The van der Waals surface area contributed by atoms with Gasteiger partial charge in [-0.15, -0.1) is 0 Å². The Hall–Kier alpha value is -3.20. The van der Waals surface area contributed by atoms with Crippen molar-refractivity contribution in [1.82, 2.24) is 29.5 Å². The summed E-state index contributed by atoms with van der Waals surface area (Å²) in [5.74, 6) is 1.04. The van der Waals surface area contributed by atoms with E-state index in [1.807, 2.05) is 31.5 Å². The Morgan fingerprint density at radius 2 is 2.10 bits per heavy atom. The van der Waals surface area contributed by atoms with E-state index in [0.717, 1.165) is 47.8 Å². The van der Waals surface area contributed by atoms with Crippen molar-refractivity contribution in [3.8, 4) is 17.0 Å². The second-order valence-corrected chi connectivity index (χ2v) is 7.88. The number of aromatic nitrogens is 6. The fourth-order valence-electron chi connectivity index (χ4n) is 3.98. The van der Waals surface area contributed by atoms with E-state index in [-0.39, 0.29) is 6.04 Å². The van der Waals surface area contributed by atoms with Crippen LogP contribution in [-0.4, -0.2) is 53.4 Å². The zero-order valence-corrected chi connectivity index (χ0v) is 16.4. The zero-order valence-electron chi connectivity index (χ0n) is 16.4. The van der Waals surface area contributed by atoms with E-state index < -0.39 is 5.60 Å². The first-order valence-electron chi connectivity index (χ1n) is 9.74. The van der Waals surface area contributed by atoms with Gasteiger partial charge < -0.3 is 20.1 Å². The highest BCUT2D eigenvalue weighted by molar-refractivity contribution is 5.97. The van der Waals surface area contributed by atoms with Gasteiger partial charge in [-0.2, -0.15) is 15.1 Å². The first-order valence-corrected chi connectivity index (χ1v) is 9.74. The summed E-state index contributed by atoms with van der Waals surface area (Å²) in [6, 6.07) is 4.15. The number of methoxy groups -OCH3 is 1. The molecule has 4 heterocycles. The van der Waals surface area contributed by atoms with Crippen molar-refractivity contribution in [1.29, 1.82) is 0 Å². The summed E-state index contributed by atoms with van der Waals surface area (Å²) in [7, 11) is 1.61. The number of hydrogen-bond acceptors (Lipinski definition) is 7. The van der Waals surface area contributed by atoms with Crippen molar-refractivity contribution in [3.05, 3.63) is 30.9 Å². The number of aliphatic hydroxyl groups is 1. The molecule has 4 aromatic heterocycles. The van der Waals surface area contributed by atoms with Crippen molar-refractivity contribution in [2.75, 3.05) is 12.4 Å². The largest absolute Gasteiger partial charge is 0.480 e. The highest BCUT2D eigenvalue weighted by Crippen LogP contribution is 2.35. The number of rotatable bonds is 4. The number of ether oxygens (including phenoxy) is 1. The molecular weight excluding hydrogens is 370 g/mol. The molecule has 0 unspecified atom stereocenters. The zero-order chi connectivity index (χ0) is 20.0. The van der Waals surface area contributed by atoms with Crippen LogP contribution < -0.4 is 10.1 Å². The number of nitrogens with one attached hydrogen (secondary N) is 2. The number of anilines is 1. The Bertz CT molecular complexity index is 1170. The van der Waals surface area contributed by atoms with Gasteiger partial charge in [-0.25, -0.2) is 9.50 Å². The minimum absolute atomic E-state index is 0.238. The van der Waals surface area contributed by atoms with E-state index in [1.54, 1.807) is 11.6 Å². The summed E-state index contributed by atoms with van der Waals surface area (Å²) in [5, 5.41) is 18.6. The Balaban J connectivity index is 1.49. The smallest absolute Gasteiger partial charge is 0.228 e. The van der Waals surface area contributed by atoms with Crippen LogP contribution in [0, 0.1) is 0 Å². The van der Waals surface area contributed by atoms with Gasteiger partial charge in [0, 0.05) is 29.6 Å². The molecule has 1 aliphatic rings. The molecule has 5 rings (SSSR count). The molecule has 9 heteroatoms. The summed E-state index contributed by atoms with van der Waals surface area (Å²) in [4.78, 5) is 16.7. The lowest BCUT2D eigenvalue weighted by molar-refractivity contribution is 0.0195. The van der Waals surface area contributed by atoms with E-state index in [1.165, 1.54) is 6.33 Å². The fraction of sp³-hybridized carbons (Fsp3) is 0.400. The highest BCUT2D eigenvalue weighted by atomic mass is 16.5. The van der Waals surface area contributed by atoms with Crippen molar-refractivity contribution < 1.29 is 9.84 Å². The minimum atomic E-state index is -0.569. The Labute approximate surface area is 167 Å². The van der Waals surface area contributed by atoms with Crippen LogP contribution in [0.2, 0.25) is 0 Å². The van der Waals surface area contributed by atoms with Gasteiger partial charge in [-0.3, -0.25) is 0 Å². The maximum Gasteiger partial charge on any atom is 0.228 e. The number of pyridine rings is 1. The molecule has 0 aromatic carbocycles. The summed E-state index contributed by atoms with van der Waals surface area (Å²) >= 11 is 0. The van der Waals surface area contributed by atoms with Crippen molar-refractivity contribution >= 4 is 22.6 Å². The van der Waals surface area contributed by atoms with Gasteiger partial charge in [0.2, 0.25) is 11.8 Å². The molecule has 1 fully saturated rings. The van der Waals surface area contributed by atoms with E-state index in [9.17, 15) is 5.11 Å². The molecule has 3 N–H and O–H groups in total. The third kappa shape index (κ3) is 3.27. The molecule has 0 spiro atoms. The molecular formula is C20H23N7O2. The highest BCUT2D eigenvalue weighted by Gasteiger charge is 2.29. The van der Waals surface area contributed by atoms with Crippen molar-refractivity contribution in [2.45, 2.75) is 44.2 Å². The molecule has 0 amide bonds. The number of H-pyrrole nitrogens is 1. The molecule has 0 radical (unpaired) electrons. The monoisotopic (exact) mass is 393 g/mol. The summed E-state index contributed by atoms with van der Waals surface area (Å²) < 4.78 is 7.33. The predicted molar refractivity (Wildman–Crippen MR) is 109 cm³/mol. The van der Waals surface area contributed by atoms with E-state index in [4.69, 9.17) is 4.74 Å². The van der Waals surface area contributed by atoms with Crippen LogP contribution in [0.25, 0.3) is 27.8 Å². The van der Waals surface area contributed by atoms with E-state index >= 15 is 0 Å². The molecule has 0 saturated heterocycles. The predicted octanol–water partition coefficient (Wildman–Crippen LogP) is 2.78. The van der Waals surface area contributed by atoms with Crippen molar-refractivity contribution in [2.24, 2.45) is 0 Å². The Morgan fingerprint density at radius 3 is 2.90 bits per heavy atom. The Morgan fingerprint density at radius 1 is 1.28 bits per heavy atom. The summed E-state index contributed by atoms with van der Waals surface area (Å²) in [6.07, 6.45) is 8.64. The maximum atomic E-state index is 10.2. The SMILES string of the molecule is COc1nc(N[C@H]2CC[C@](C)(O)CC2)nc2[nH]cc(-c3ccc4ncnn4c3)c12. The second-order valence-electron chi connectivity index (χ2n) is 7.88. The lowest BCUT2D eigenvalue weighted by Crippen LogP contribution is -2.36. The van der Waals surface area contributed by atoms with Crippen LogP contribution in [-0.2, 0) is 0 Å². The van der Waals surface area contributed by atoms with Gasteiger partial charge >= 0.3 is 0 Å². The number of nitrogens with zero attached hydrogens (tertiary/aromatic N) is 5. The Kier molecular flexibility index (Phi) is 4.13. The summed E-state index contributed by atoms with van der Waals surface area (Å²) in [6.45, 7) is 1.89. The molecule has 1 saturated carbocycles. The molecule has 0 aliphatic heterocycles. The third-order valence-electron chi connectivity index (χ3n) is 5.67. The van der Waals surface area contributed by atoms with Crippen LogP contribution in [0.3, 0.4) is 0 Å². The molecule has 0 bridgehead atoms. The lowest BCUT2D eigenvalue weighted by Gasteiger charge is -2.33. The molecule has 150 valence electrons. The van der Waals surface area contributed by atoms with Crippen LogP contribution in [0.15, 0.2) is 30.9 Å². The number of aromatic amines is 1. The average molecular weight is 393 g/mol. The average Bonchev–Trinajstić information content (AvgIpc) is 3.35. The quantitative estimate of drug-likeness (QED) is 0.488. The molecule has 0 atom stereocenters. The van der Waals surface area contributed by atoms with Gasteiger partial charge in [0.1, 0.15) is 12.0 Å². The maximum absolute atomic E-state index is 10.2. The first kappa shape index (κ1) is 17.9.